The van der Waals surface area contributed by atoms with Gasteiger partial charge in [-0.3, -0.25) is 0 Å². The first-order valence-electron chi connectivity index (χ1n) is 16.0. The Morgan fingerprint density at radius 1 is 0.469 bits per heavy atom. The Bertz CT molecular complexity index is 2410. The van der Waals surface area contributed by atoms with Crippen molar-refractivity contribution in [3.05, 3.63) is 194 Å². The predicted octanol–water partition coefficient (Wildman–Crippen LogP) is 10.3. The summed E-state index contributed by atoms with van der Waals surface area (Å²) in [5.74, 6) is 0. The monoisotopic (exact) mass is 824 g/mol. The number of rotatable bonds is 4. The predicted molar refractivity (Wildman–Crippen MR) is 203 cm³/mol. The standard InChI is InChI=1S/C30H20OP.C15H10N.Ir/c31-32(28-16-13-22-7-1-4-10-25(22)19-28,29-17-14-23-8-2-5-11-26(23)20-29)30-18-15-24-9-3-6-12-27(24)21-30;1-2-7-13(8-3-1)15-14-9-5-4-6-12(14)10-11-16-15;/h1-17,19-21H;1-7,9-11H;/q2*-1;. The zero-order chi connectivity index (χ0) is 32.3. The van der Waals surface area contributed by atoms with Gasteiger partial charge in [0.1, 0.15) is 7.14 Å². The number of nitrogens with zero attached hydrogens (tertiary/aromatic N) is 1. The summed E-state index contributed by atoms with van der Waals surface area (Å²) in [6.45, 7) is 0. The molecular formula is C45H30IrNOP-2. The second-order valence-electron chi connectivity index (χ2n) is 11.8. The van der Waals surface area contributed by atoms with Crippen molar-refractivity contribution in [2.45, 2.75) is 0 Å². The SMILES string of the molecule is O=P(c1[c-]cc2ccccc2c1)(c1ccc2ccccc2c1)c1ccc2ccccc2c1.[Ir].[c-]1ccccc1-c1nccc2ccccc12. The maximum atomic E-state index is 15.1. The van der Waals surface area contributed by atoms with Crippen LogP contribution in [0.4, 0.5) is 0 Å². The van der Waals surface area contributed by atoms with Crippen LogP contribution in [0, 0.1) is 12.1 Å². The van der Waals surface area contributed by atoms with Crippen LogP contribution >= 0.6 is 7.14 Å². The Balaban J connectivity index is 0.000000187. The van der Waals surface area contributed by atoms with Crippen molar-refractivity contribution < 1.29 is 24.7 Å². The molecule has 0 aliphatic rings. The van der Waals surface area contributed by atoms with Gasteiger partial charge in [-0.25, -0.2) is 0 Å². The first-order chi connectivity index (χ1) is 23.7. The minimum absolute atomic E-state index is 0. The van der Waals surface area contributed by atoms with E-state index in [1.54, 1.807) is 0 Å². The van der Waals surface area contributed by atoms with Crippen LogP contribution in [-0.4, -0.2) is 4.98 Å². The number of hydrogen-bond donors (Lipinski definition) is 0. The minimum atomic E-state index is -3.15. The molecule has 1 aromatic heterocycles. The molecule has 0 amide bonds. The van der Waals surface area contributed by atoms with Crippen molar-refractivity contribution in [1.82, 2.24) is 4.98 Å². The van der Waals surface area contributed by atoms with Crippen molar-refractivity contribution in [2.75, 3.05) is 0 Å². The number of hydrogen-bond acceptors (Lipinski definition) is 2. The van der Waals surface area contributed by atoms with Gasteiger partial charge >= 0.3 is 0 Å². The van der Waals surface area contributed by atoms with E-state index in [1.165, 1.54) is 10.8 Å². The molecule has 2 nitrogen and oxygen atoms in total. The molecule has 237 valence electrons. The van der Waals surface area contributed by atoms with Gasteiger partial charge in [0, 0.05) is 36.9 Å². The summed E-state index contributed by atoms with van der Waals surface area (Å²) in [6, 6.07) is 65.7. The van der Waals surface area contributed by atoms with Crippen molar-refractivity contribution in [2.24, 2.45) is 0 Å². The zero-order valence-electron chi connectivity index (χ0n) is 26.5. The Labute approximate surface area is 299 Å². The molecule has 0 spiro atoms. The molecule has 8 aromatic carbocycles. The van der Waals surface area contributed by atoms with Crippen molar-refractivity contribution in [1.29, 1.82) is 0 Å². The van der Waals surface area contributed by atoms with Gasteiger partial charge in [0.2, 0.25) is 0 Å². The molecule has 0 bridgehead atoms. The van der Waals surface area contributed by atoms with E-state index in [9.17, 15) is 0 Å². The minimum Gasteiger partial charge on any atom is -0.311 e. The number of aromatic nitrogens is 1. The molecule has 0 saturated carbocycles. The molecule has 0 atom stereocenters. The summed E-state index contributed by atoms with van der Waals surface area (Å²) >= 11 is 0. The summed E-state index contributed by atoms with van der Waals surface area (Å²) in [5.41, 5.74) is 2.04. The molecule has 0 aliphatic heterocycles. The zero-order valence-corrected chi connectivity index (χ0v) is 29.7. The van der Waals surface area contributed by atoms with E-state index in [1.807, 2.05) is 109 Å². The molecule has 0 unspecified atom stereocenters. The number of benzene rings is 8. The van der Waals surface area contributed by atoms with Gasteiger partial charge in [-0.2, -0.15) is 18.2 Å². The van der Waals surface area contributed by atoms with Gasteiger partial charge in [0.25, 0.3) is 0 Å². The van der Waals surface area contributed by atoms with E-state index in [2.05, 4.69) is 89.9 Å². The summed E-state index contributed by atoms with van der Waals surface area (Å²) < 4.78 is 15.1. The average Bonchev–Trinajstić information content (AvgIpc) is 3.17. The summed E-state index contributed by atoms with van der Waals surface area (Å²) in [5, 5.41) is 11.4. The molecule has 0 saturated heterocycles. The van der Waals surface area contributed by atoms with Gasteiger partial charge in [-0.1, -0.05) is 121 Å². The maximum Gasteiger partial charge on any atom is 0.147 e. The van der Waals surface area contributed by atoms with E-state index in [4.69, 9.17) is 0 Å². The first-order valence-corrected chi connectivity index (χ1v) is 17.7. The van der Waals surface area contributed by atoms with Gasteiger partial charge in [0.05, 0.1) is 0 Å². The van der Waals surface area contributed by atoms with Crippen molar-refractivity contribution in [3.63, 3.8) is 0 Å². The maximum absolute atomic E-state index is 15.1. The van der Waals surface area contributed by atoms with Crippen molar-refractivity contribution in [3.8, 4) is 11.3 Å². The van der Waals surface area contributed by atoms with Crippen LogP contribution in [0.5, 0.6) is 0 Å². The summed E-state index contributed by atoms with van der Waals surface area (Å²) in [4.78, 5) is 4.45. The van der Waals surface area contributed by atoms with Gasteiger partial charge in [-0.05, 0) is 56.2 Å². The fourth-order valence-corrected chi connectivity index (χ4v) is 8.98. The quantitative estimate of drug-likeness (QED) is 0.131. The largest absolute Gasteiger partial charge is 0.311 e. The smallest absolute Gasteiger partial charge is 0.147 e. The summed E-state index contributed by atoms with van der Waals surface area (Å²) in [6.07, 6.45) is 1.85. The molecule has 9 aromatic rings. The molecule has 1 heterocycles. The van der Waals surface area contributed by atoms with Crippen LogP contribution < -0.4 is 15.9 Å². The average molecular weight is 824 g/mol. The molecular weight excluding hydrogens is 794 g/mol. The first kappa shape index (κ1) is 32.4. The van der Waals surface area contributed by atoms with Gasteiger partial charge < -0.3 is 9.55 Å². The number of fused-ring (bicyclic) bond motifs is 4. The Kier molecular flexibility index (Phi) is 9.34. The van der Waals surface area contributed by atoms with Crippen LogP contribution in [0.1, 0.15) is 0 Å². The topological polar surface area (TPSA) is 30.0 Å². The Morgan fingerprint density at radius 3 is 1.61 bits per heavy atom. The van der Waals surface area contributed by atoms with Crippen LogP contribution in [0.3, 0.4) is 0 Å². The molecule has 0 N–H and O–H groups in total. The third-order valence-corrected chi connectivity index (χ3v) is 11.8. The van der Waals surface area contributed by atoms with E-state index >= 15 is 4.57 Å². The fraction of sp³-hybridized carbons (Fsp3) is 0. The van der Waals surface area contributed by atoms with Crippen LogP contribution in [0.25, 0.3) is 54.3 Å². The summed E-state index contributed by atoms with van der Waals surface area (Å²) in [7, 11) is -3.15. The van der Waals surface area contributed by atoms with E-state index in [0.29, 0.717) is 0 Å². The van der Waals surface area contributed by atoms with Gasteiger partial charge in [-0.15, -0.1) is 52.7 Å². The molecule has 1 radical (unpaired) electrons. The normalized spacial score (nSPS) is 11.2. The molecule has 0 aliphatic carbocycles. The van der Waals surface area contributed by atoms with Gasteiger partial charge in [0.15, 0.2) is 0 Å². The van der Waals surface area contributed by atoms with Crippen LogP contribution in [-0.2, 0) is 24.7 Å². The third kappa shape index (κ3) is 6.37. The van der Waals surface area contributed by atoms with E-state index < -0.39 is 7.14 Å². The van der Waals surface area contributed by atoms with Crippen LogP contribution in [0.2, 0.25) is 0 Å². The second-order valence-corrected chi connectivity index (χ2v) is 14.5. The van der Waals surface area contributed by atoms with Crippen LogP contribution in [0.15, 0.2) is 182 Å². The van der Waals surface area contributed by atoms with Crippen molar-refractivity contribution >= 4 is 66.1 Å². The molecule has 9 rings (SSSR count). The molecule has 4 heteroatoms. The van der Waals surface area contributed by atoms with E-state index in [-0.39, 0.29) is 20.1 Å². The Hall–Kier alpha value is -5.17. The molecule has 0 fully saturated rings. The fourth-order valence-electron chi connectivity index (χ4n) is 6.34. The number of pyridine rings is 1. The third-order valence-electron chi connectivity index (χ3n) is 8.83. The Morgan fingerprint density at radius 2 is 1.00 bits per heavy atom. The second kappa shape index (κ2) is 14.1. The van der Waals surface area contributed by atoms with E-state index in [0.717, 1.165) is 59.5 Å². The molecule has 49 heavy (non-hydrogen) atoms.